The molecule has 7 heteroatoms. The summed E-state index contributed by atoms with van der Waals surface area (Å²) in [4.78, 5) is 31.8. The number of rotatable bonds is 7. The van der Waals surface area contributed by atoms with Gasteiger partial charge < -0.3 is 9.64 Å². The first-order chi connectivity index (χ1) is 13.9. The fraction of sp³-hybridized carbons (Fsp3) is 0.318. The number of thioether (sulfide) groups is 1. The second-order valence-corrected chi connectivity index (χ2v) is 8.01. The van der Waals surface area contributed by atoms with Crippen molar-refractivity contribution in [2.24, 2.45) is 0 Å². The number of amides is 1. The molecule has 3 rings (SSSR count). The summed E-state index contributed by atoms with van der Waals surface area (Å²) < 4.78 is 6.89. The van der Waals surface area contributed by atoms with Gasteiger partial charge in [-0.3, -0.25) is 14.2 Å². The summed E-state index contributed by atoms with van der Waals surface area (Å²) >= 11 is 1.29. The summed E-state index contributed by atoms with van der Waals surface area (Å²) in [5.74, 6) is 0.937. The van der Waals surface area contributed by atoms with Gasteiger partial charge in [0.1, 0.15) is 5.75 Å². The minimum Gasteiger partial charge on any atom is -0.497 e. The van der Waals surface area contributed by atoms with E-state index in [0.29, 0.717) is 22.6 Å². The molecule has 152 valence electrons. The molecule has 2 aromatic carbocycles. The van der Waals surface area contributed by atoms with E-state index in [-0.39, 0.29) is 23.3 Å². The highest BCUT2D eigenvalue weighted by Crippen LogP contribution is 2.21. The molecule has 0 saturated heterocycles. The maximum absolute atomic E-state index is 12.9. The Morgan fingerprint density at radius 3 is 2.69 bits per heavy atom. The van der Waals surface area contributed by atoms with Gasteiger partial charge in [0.2, 0.25) is 5.91 Å². The van der Waals surface area contributed by atoms with Crippen molar-refractivity contribution in [3.05, 3.63) is 64.4 Å². The molecule has 0 aliphatic heterocycles. The van der Waals surface area contributed by atoms with Crippen LogP contribution < -0.4 is 10.3 Å². The Morgan fingerprint density at radius 2 is 1.97 bits per heavy atom. The summed E-state index contributed by atoms with van der Waals surface area (Å²) in [6.07, 6.45) is 0. The first-order valence-corrected chi connectivity index (χ1v) is 10.4. The van der Waals surface area contributed by atoms with E-state index in [1.807, 2.05) is 56.3 Å². The zero-order chi connectivity index (χ0) is 21.0. The van der Waals surface area contributed by atoms with Gasteiger partial charge in [-0.05, 0) is 43.7 Å². The minimum absolute atomic E-state index is 0.0319. The Bertz CT molecular complexity index is 1080. The largest absolute Gasteiger partial charge is 0.497 e. The minimum atomic E-state index is -0.0784. The quantitative estimate of drug-likeness (QED) is 0.438. The van der Waals surface area contributed by atoms with Crippen LogP contribution >= 0.6 is 11.8 Å². The van der Waals surface area contributed by atoms with Crippen molar-refractivity contribution in [2.45, 2.75) is 31.6 Å². The van der Waals surface area contributed by atoms with Crippen LogP contribution in [0, 0.1) is 0 Å². The van der Waals surface area contributed by atoms with E-state index >= 15 is 0 Å². The lowest BCUT2D eigenvalue weighted by molar-refractivity contribution is -0.127. The average molecular weight is 412 g/mol. The summed E-state index contributed by atoms with van der Waals surface area (Å²) in [5.41, 5.74) is 1.56. The number of methoxy groups -OCH3 is 1. The highest BCUT2D eigenvalue weighted by molar-refractivity contribution is 7.99. The van der Waals surface area contributed by atoms with Crippen LogP contribution in [-0.4, -0.2) is 40.3 Å². The Morgan fingerprint density at radius 1 is 1.21 bits per heavy atom. The van der Waals surface area contributed by atoms with Gasteiger partial charge in [0, 0.05) is 19.6 Å². The van der Waals surface area contributed by atoms with Crippen LogP contribution in [0.5, 0.6) is 5.75 Å². The second-order valence-electron chi connectivity index (χ2n) is 7.07. The number of benzene rings is 2. The lowest BCUT2D eigenvalue weighted by Crippen LogP contribution is -2.29. The van der Waals surface area contributed by atoms with Gasteiger partial charge in [0.15, 0.2) is 5.16 Å². The van der Waals surface area contributed by atoms with Gasteiger partial charge in [-0.1, -0.05) is 36.0 Å². The third kappa shape index (κ3) is 4.79. The summed E-state index contributed by atoms with van der Waals surface area (Å²) in [7, 11) is 3.39. The fourth-order valence-electron chi connectivity index (χ4n) is 3.05. The van der Waals surface area contributed by atoms with Crippen LogP contribution in [0.2, 0.25) is 0 Å². The Kier molecular flexibility index (Phi) is 6.59. The number of ether oxygens (including phenoxy) is 1. The molecule has 0 aliphatic rings. The number of hydrogen-bond acceptors (Lipinski definition) is 5. The highest BCUT2D eigenvalue weighted by Gasteiger charge is 2.17. The van der Waals surface area contributed by atoms with Gasteiger partial charge in [0.25, 0.3) is 5.56 Å². The van der Waals surface area contributed by atoms with Crippen LogP contribution in [0.1, 0.15) is 25.5 Å². The molecule has 0 radical (unpaired) electrons. The molecule has 0 spiro atoms. The van der Waals surface area contributed by atoms with E-state index in [2.05, 4.69) is 4.98 Å². The number of hydrogen-bond donors (Lipinski definition) is 0. The Balaban J connectivity index is 1.76. The molecule has 0 unspecified atom stereocenters. The fourth-order valence-corrected chi connectivity index (χ4v) is 4.12. The number of carbonyl (C=O) groups is 1. The molecule has 0 fully saturated rings. The number of fused-ring (bicyclic) bond motifs is 1. The Hall–Kier alpha value is -2.80. The van der Waals surface area contributed by atoms with E-state index in [9.17, 15) is 9.59 Å². The van der Waals surface area contributed by atoms with Crippen molar-refractivity contribution in [3.63, 3.8) is 0 Å². The normalized spacial score (nSPS) is 11.1. The van der Waals surface area contributed by atoms with Gasteiger partial charge in [-0.2, -0.15) is 0 Å². The monoisotopic (exact) mass is 411 g/mol. The SMILES string of the molecule is COc1cccc(CN(C)C(=O)CSc2nc3ccccc3c(=O)n2C(C)C)c1. The van der Waals surface area contributed by atoms with Crippen molar-refractivity contribution in [2.75, 3.05) is 19.9 Å². The summed E-state index contributed by atoms with van der Waals surface area (Å²) in [5, 5.41) is 1.15. The van der Waals surface area contributed by atoms with E-state index < -0.39 is 0 Å². The first kappa shape index (κ1) is 20.9. The third-order valence-electron chi connectivity index (χ3n) is 4.60. The van der Waals surface area contributed by atoms with E-state index in [1.54, 1.807) is 29.7 Å². The molecular formula is C22H25N3O3S. The van der Waals surface area contributed by atoms with E-state index in [0.717, 1.165) is 11.3 Å². The number of carbonyl (C=O) groups excluding carboxylic acids is 1. The topological polar surface area (TPSA) is 64.4 Å². The van der Waals surface area contributed by atoms with Gasteiger partial charge in [0.05, 0.1) is 23.8 Å². The molecular weight excluding hydrogens is 386 g/mol. The molecule has 1 aromatic heterocycles. The molecule has 1 heterocycles. The van der Waals surface area contributed by atoms with Gasteiger partial charge >= 0.3 is 0 Å². The van der Waals surface area contributed by atoms with Crippen molar-refractivity contribution in [3.8, 4) is 5.75 Å². The predicted octanol–water partition coefficient (Wildman–Crippen LogP) is 3.74. The average Bonchev–Trinajstić information content (AvgIpc) is 2.71. The molecule has 0 bridgehead atoms. The van der Waals surface area contributed by atoms with E-state index in [1.165, 1.54) is 11.8 Å². The zero-order valence-electron chi connectivity index (χ0n) is 17.1. The van der Waals surface area contributed by atoms with Crippen molar-refractivity contribution in [1.82, 2.24) is 14.5 Å². The first-order valence-electron chi connectivity index (χ1n) is 9.41. The molecule has 0 atom stereocenters. The molecule has 0 aliphatic carbocycles. The number of para-hydroxylation sites is 1. The highest BCUT2D eigenvalue weighted by atomic mass is 32.2. The summed E-state index contributed by atoms with van der Waals surface area (Å²) in [6, 6.07) is 14.9. The molecule has 29 heavy (non-hydrogen) atoms. The van der Waals surface area contributed by atoms with Crippen LogP contribution in [-0.2, 0) is 11.3 Å². The van der Waals surface area contributed by atoms with Crippen LogP contribution in [0.4, 0.5) is 0 Å². The second kappa shape index (κ2) is 9.13. The summed E-state index contributed by atoms with van der Waals surface area (Å²) in [6.45, 7) is 4.37. The molecule has 6 nitrogen and oxygen atoms in total. The zero-order valence-corrected chi connectivity index (χ0v) is 17.9. The lowest BCUT2D eigenvalue weighted by atomic mass is 10.2. The molecule has 0 saturated carbocycles. The van der Waals surface area contributed by atoms with Crippen LogP contribution in [0.15, 0.2) is 58.5 Å². The van der Waals surface area contributed by atoms with E-state index in [4.69, 9.17) is 4.74 Å². The van der Waals surface area contributed by atoms with Crippen LogP contribution in [0.25, 0.3) is 10.9 Å². The maximum Gasteiger partial charge on any atom is 0.262 e. The number of nitrogens with zero attached hydrogens (tertiary/aromatic N) is 3. The van der Waals surface area contributed by atoms with Crippen molar-refractivity contribution in [1.29, 1.82) is 0 Å². The molecule has 0 N–H and O–H groups in total. The predicted molar refractivity (Wildman–Crippen MR) is 117 cm³/mol. The Labute approximate surface area is 174 Å². The smallest absolute Gasteiger partial charge is 0.262 e. The van der Waals surface area contributed by atoms with Crippen molar-refractivity contribution >= 4 is 28.6 Å². The van der Waals surface area contributed by atoms with Crippen LogP contribution in [0.3, 0.4) is 0 Å². The molecule has 1 amide bonds. The standard InChI is InChI=1S/C22H25N3O3S/c1-15(2)25-21(27)18-10-5-6-11-19(18)23-22(25)29-14-20(26)24(3)13-16-8-7-9-17(12-16)28-4/h5-12,15H,13-14H2,1-4H3. The third-order valence-corrected chi connectivity index (χ3v) is 5.53. The lowest BCUT2D eigenvalue weighted by Gasteiger charge is -2.19. The maximum atomic E-state index is 12.9. The molecule has 3 aromatic rings. The van der Waals surface area contributed by atoms with Crippen molar-refractivity contribution < 1.29 is 9.53 Å². The van der Waals surface area contributed by atoms with Gasteiger partial charge in [-0.25, -0.2) is 4.98 Å². The van der Waals surface area contributed by atoms with Gasteiger partial charge in [-0.15, -0.1) is 0 Å². The number of aromatic nitrogens is 2.